The van der Waals surface area contributed by atoms with Gasteiger partial charge in [0.1, 0.15) is 12.7 Å². The minimum absolute atomic E-state index is 0.118. The summed E-state index contributed by atoms with van der Waals surface area (Å²) in [6.45, 7) is 6.57. The molecule has 0 bridgehead atoms. The third-order valence-electron chi connectivity index (χ3n) is 2.67. The van der Waals surface area contributed by atoms with E-state index in [1.54, 1.807) is 24.5 Å². The lowest BCUT2D eigenvalue weighted by atomic mass is 10.3. The van der Waals surface area contributed by atoms with Crippen molar-refractivity contribution in [3.63, 3.8) is 0 Å². The summed E-state index contributed by atoms with van der Waals surface area (Å²) in [7, 11) is 0. The van der Waals surface area contributed by atoms with Crippen molar-refractivity contribution >= 4 is 16.8 Å². The number of likely N-dealkylation sites (N-methyl/N-ethyl adjacent to an activating group) is 1. The van der Waals surface area contributed by atoms with E-state index in [0.29, 0.717) is 12.1 Å². The molecule has 0 aromatic carbocycles. The Labute approximate surface area is 118 Å². The van der Waals surface area contributed by atoms with E-state index in [4.69, 9.17) is 16.4 Å². The number of oxime groups is 1. The molecule has 19 heavy (non-hydrogen) atoms. The molecule has 0 saturated heterocycles. The van der Waals surface area contributed by atoms with Gasteiger partial charge >= 0.3 is 0 Å². The van der Waals surface area contributed by atoms with Gasteiger partial charge in [0.2, 0.25) is 0 Å². The summed E-state index contributed by atoms with van der Waals surface area (Å²) in [5, 5.41) is 13.8. The Morgan fingerprint density at radius 3 is 2.84 bits per heavy atom. The van der Waals surface area contributed by atoms with Crippen molar-refractivity contribution in [2.24, 2.45) is 5.16 Å². The van der Waals surface area contributed by atoms with Crippen LogP contribution in [0, 0.1) is 0 Å². The zero-order valence-corrected chi connectivity index (χ0v) is 12.0. The van der Waals surface area contributed by atoms with Gasteiger partial charge in [-0.1, -0.05) is 30.6 Å². The summed E-state index contributed by atoms with van der Waals surface area (Å²) < 4.78 is 0. The molecular weight excluding hydrogens is 266 g/mol. The van der Waals surface area contributed by atoms with Crippen LogP contribution in [0.25, 0.3) is 0 Å². The lowest BCUT2D eigenvalue weighted by molar-refractivity contribution is 0.0211. The first-order chi connectivity index (χ1) is 9.17. The average Bonchev–Trinajstić information content (AvgIpc) is 2.45. The molecule has 0 aliphatic carbocycles. The molecule has 0 aliphatic heterocycles. The van der Waals surface area contributed by atoms with E-state index >= 15 is 0 Å². The Kier molecular flexibility index (Phi) is 7.40. The fourth-order valence-corrected chi connectivity index (χ4v) is 1.71. The summed E-state index contributed by atoms with van der Waals surface area (Å²) in [6.07, 6.45) is 2.67. The third-order valence-corrected chi connectivity index (χ3v) is 2.96. The van der Waals surface area contributed by atoms with Crippen molar-refractivity contribution in [3.05, 3.63) is 30.1 Å². The van der Waals surface area contributed by atoms with Crippen LogP contribution in [0.15, 0.2) is 29.7 Å². The predicted molar refractivity (Wildman–Crippen MR) is 76.4 cm³/mol. The van der Waals surface area contributed by atoms with Crippen molar-refractivity contribution in [1.82, 2.24) is 9.88 Å². The Morgan fingerprint density at radius 2 is 2.26 bits per heavy atom. The Morgan fingerprint density at radius 1 is 1.53 bits per heavy atom. The molecule has 5 nitrogen and oxygen atoms in total. The Hall–Kier alpha value is -1.17. The SMILES string of the molecule is CCN(CC)CC(O)CO/N=C(\Cl)c1cccnc1. The molecule has 106 valence electrons. The highest BCUT2D eigenvalue weighted by atomic mass is 35.5. The van der Waals surface area contributed by atoms with Crippen molar-refractivity contribution in [2.45, 2.75) is 20.0 Å². The van der Waals surface area contributed by atoms with Crippen LogP contribution >= 0.6 is 11.6 Å². The van der Waals surface area contributed by atoms with Crippen LogP contribution < -0.4 is 0 Å². The predicted octanol–water partition coefficient (Wildman–Crippen LogP) is 1.70. The lowest BCUT2D eigenvalue weighted by Crippen LogP contribution is -2.34. The quantitative estimate of drug-likeness (QED) is 0.583. The molecule has 0 saturated carbocycles. The molecule has 1 aromatic heterocycles. The summed E-state index contributed by atoms with van der Waals surface area (Å²) in [6, 6.07) is 3.55. The summed E-state index contributed by atoms with van der Waals surface area (Å²) in [5.41, 5.74) is 0.683. The zero-order chi connectivity index (χ0) is 14.1. The molecule has 1 rings (SSSR count). The van der Waals surface area contributed by atoms with Crippen LogP contribution in [0.3, 0.4) is 0 Å². The highest BCUT2D eigenvalue weighted by Gasteiger charge is 2.09. The standard InChI is InChI=1S/C13H20ClN3O2/c1-3-17(4-2)9-12(18)10-19-16-13(14)11-6-5-7-15-8-11/h5-8,12,18H,3-4,9-10H2,1-2H3/b16-13-. The van der Waals surface area contributed by atoms with Crippen LogP contribution in [0.1, 0.15) is 19.4 Å². The first kappa shape index (κ1) is 15.9. The number of aromatic nitrogens is 1. The number of halogens is 1. The second-order valence-corrected chi connectivity index (χ2v) is 4.42. The van der Waals surface area contributed by atoms with Gasteiger partial charge in [0.25, 0.3) is 0 Å². The highest BCUT2D eigenvalue weighted by molar-refractivity contribution is 6.69. The van der Waals surface area contributed by atoms with Gasteiger partial charge in [0, 0.05) is 24.5 Å². The molecule has 0 fully saturated rings. The van der Waals surface area contributed by atoms with Gasteiger partial charge < -0.3 is 14.8 Å². The minimum atomic E-state index is -0.581. The van der Waals surface area contributed by atoms with Crippen LogP contribution in [0.4, 0.5) is 0 Å². The maximum absolute atomic E-state index is 9.77. The number of hydrogen-bond acceptors (Lipinski definition) is 5. The number of hydrogen-bond donors (Lipinski definition) is 1. The van der Waals surface area contributed by atoms with Crippen LogP contribution in [0.2, 0.25) is 0 Å². The van der Waals surface area contributed by atoms with Gasteiger partial charge in [-0.05, 0) is 25.2 Å². The molecule has 0 amide bonds. The van der Waals surface area contributed by atoms with Crippen molar-refractivity contribution < 1.29 is 9.94 Å². The monoisotopic (exact) mass is 285 g/mol. The molecule has 0 spiro atoms. The van der Waals surface area contributed by atoms with Crippen molar-refractivity contribution in [3.8, 4) is 0 Å². The summed E-state index contributed by atoms with van der Waals surface area (Å²) in [4.78, 5) is 11.1. The van der Waals surface area contributed by atoms with E-state index < -0.39 is 6.10 Å². The van der Waals surface area contributed by atoms with E-state index in [-0.39, 0.29) is 11.8 Å². The van der Waals surface area contributed by atoms with Crippen molar-refractivity contribution in [2.75, 3.05) is 26.2 Å². The van der Waals surface area contributed by atoms with E-state index in [9.17, 15) is 5.11 Å². The molecule has 1 heterocycles. The number of aliphatic hydroxyl groups is 1. The summed E-state index contributed by atoms with van der Waals surface area (Å²) >= 11 is 5.94. The molecule has 0 radical (unpaired) electrons. The molecule has 1 N–H and O–H groups in total. The summed E-state index contributed by atoms with van der Waals surface area (Å²) in [5.74, 6) is 0. The third kappa shape index (κ3) is 6.00. The van der Waals surface area contributed by atoms with Gasteiger partial charge in [-0.3, -0.25) is 4.98 Å². The van der Waals surface area contributed by atoms with Gasteiger partial charge in [-0.15, -0.1) is 0 Å². The van der Waals surface area contributed by atoms with Gasteiger partial charge in [-0.2, -0.15) is 0 Å². The van der Waals surface area contributed by atoms with Gasteiger partial charge in [0.15, 0.2) is 5.17 Å². The van der Waals surface area contributed by atoms with Crippen LogP contribution in [-0.2, 0) is 4.84 Å². The fraction of sp³-hybridized carbons (Fsp3) is 0.538. The number of aliphatic hydroxyl groups excluding tert-OH is 1. The number of rotatable bonds is 8. The Bertz CT molecular complexity index is 383. The largest absolute Gasteiger partial charge is 0.392 e. The van der Waals surface area contributed by atoms with E-state index in [1.165, 1.54) is 0 Å². The molecule has 0 aliphatic rings. The zero-order valence-electron chi connectivity index (χ0n) is 11.3. The smallest absolute Gasteiger partial charge is 0.177 e. The number of pyridine rings is 1. The minimum Gasteiger partial charge on any atom is -0.392 e. The van der Waals surface area contributed by atoms with Gasteiger partial charge in [0.05, 0.1) is 0 Å². The second kappa shape index (κ2) is 8.85. The normalized spacial score (nSPS) is 13.6. The molecular formula is C13H20ClN3O2. The number of nitrogens with zero attached hydrogens (tertiary/aromatic N) is 3. The molecule has 1 unspecified atom stereocenters. The molecule has 6 heteroatoms. The fourth-order valence-electron chi connectivity index (χ4n) is 1.55. The average molecular weight is 286 g/mol. The Balaban J connectivity index is 2.36. The van der Waals surface area contributed by atoms with E-state index in [0.717, 1.165) is 13.1 Å². The first-order valence-corrected chi connectivity index (χ1v) is 6.71. The molecule has 1 atom stereocenters. The topological polar surface area (TPSA) is 58.0 Å². The van der Waals surface area contributed by atoms with Gasteiger partial charge in [-0.25, -0.2) is 0 Å². The van der Waals surface area contributed by atoms with E-state index in [1.807, 2.05) is 0 Å². The van der Waals surface area contributed by atoms with Crippen molar-refractivity contribution in [1.29, 1.82) is 0 Å². The van der Waals surface area contributed by atoms with E-state index in [2.05, 4.69) is 28.9 Å². The second-order valence-electron chi connectivity index (χ2n) is 4.06. The maximum Gasteiger partial charge on any atom is 0.177 e. The lowest BCUT2D eigenvalue weighted by Gasteiger charge is -2.20. The van der Waals surface area contributed by atoms with Crippen LogP contribution in [-0.4, -0.2) is 52.5 Å². The van der Waals surface area contributed by atoms with Crippen LogP contribution in [0.5, 0.6) is 0 Å². The molecule has 1 aromatic rings. The maximum atomic E-state index is 9.77. The highest BCUT2D eigenvalue weighted by Crippen LogP contribution is 2.03. The first-order valence-electron chi connectivity index (χ1n) is 6.33.